The quantitative estimate of drug-likeness (QED) is 0.769. The molecule has 0 aromatic rings. The minimum atomic E-state index is -3.13. The molecule has 1 aliphatic rings. The van der Waals surface area contributed by atoms with Crippen LogP contribution in [0.1, 0.15) is 26.7 Å². The van der Waals surface area contributed by atoms with Gasteiger partial charge in [0.15, 0.2) is 0 Å². The number of piperidine rings is 1. The van der Waals surface area contributed by atoms with Crippen molar-refractivity contribution >= 4 is 27.2 Å². The van der Waals surface area contributed by atoms with Crippen LogP contribution in [-0.4, -0.2) is 36.6 Å². The molecule has 1 unspecified atom stereocenters. The van der Waals surface area contributed by atoms with E-state index in [1.807, 2.05) is 13.8 Å². The molecule has 0 spiro atoms. The zero-order valence-corrected chi connectivity index (χ0v) is 11.5. The summed E-state index contributed by atoms with van der Waals surface area (Å²) in [5, 5.41) is 0. The predicted molar refractivity (Wildman–Crippen MR) is 69.7 cm³/mol. The Bertz CT molecular complexity index is 352. The molecule has 0 aliphatic carbocycles. The number of rotatable bonds is 4. The van der Waals surface area contributed by atoms with Crippen LogP contribution in [-0.2, 0) is 10.0 Å². The van der Waals surface area contributed by atoms with Crippen molar-refractivity contribution in [3.8, 4) is 0 Å². The summed E-state index contributed by atoms with van der Waals surface area (Å²) >= 11 is 4.94. The third-order valence-corrected chi connectivity index (χ3v) is 5.26. The average Bonchev–Trinajstić information content (AvgIpc) is 2.16. The van der Waals surface area contributed by atoms with Crippen LogP contribution in [0.15, 0.2) is 0 Å². The van der Waals surface area contributed by atoms with Crippen molar-refractivity contribution < 1.29 is 8.42 Å². The first-order valence-electron chi connectivity index (χ1n) is 5.60. The van der Waals surface area contributed by atoms with Gasteiger partial charge in [-0.2, -0.15) is 0 Å². The normalized spacial score (nSPS) is 23.6. The van der Waals surface area contributed by atoms with Gasteiger partial charge in [-0.15, -0.1) is 0 Å². The van der Waals surface area contributed by atoms with E-state index in [1.165, 1.54) is 0 Å². The molecule has 1 saturated heterocycles. The molecule has 0 bridgehead atoms. The fourth-order valence-electron chi connectivity index (χ4n) is 1.95. The second kappa shape index (κ2) is 5.42. The van der Waals surface area contributed by atoms with Crippen molar-refractivity contribution in [2.45, 2.75) is 26.7 Å². The van der Waals surface area contributed by atoms with Crippen LogP contribution >= 0.6 is 12.2 Å². The molecule has 1 fully saturated rings. The fourth-order valence-corrected chi connectivity index (χ4v) is 4.01. The molecule has 1 rings (SSSR count). The van der Waals surface area contributed by atoms with Gasteiger partial charge in [0.05, 0.1) is 10.7 Å². The van der Waals surface area contributed by atoms with Gasteiger partial charge in [0, 0.05) is 19.0 Å². The SMILES string of the molecule is CC(C)CS(=O)(=O)N1CCCC(C(N)=S)C1. The van der Waals surface area contributed by atoms with Crippen LogP contribution in [0.2, 0.25) is 0 Å². The summed E-state index contributed by atoms with van der Waals surface area (Å²) in [4.78, 5) is 0.435. The van der Waals surface area contributed by atoms with Crippen LogP contribution in [0.4, 0.5) is 0 Å². The Kier molecular flexibility index (Phi) is 4.70. The Morgan fingerprint density at radius 1 is 1.56 bits per heavy atom. The predicted octanol–water partition coefficient (Wildman–Crippen LogP) is 0.970. The molecule has 6 heteroatoms. The lowest BCUT2D eigenvalue weighted by Crippen LogP contribution is -2.44. The Hall–Kier alpha value is -0.200. The molecule has 0 aromatic heterocycles. The monoisotopic (exact) mass is 264 g/mol. The number of hydrogen-bond acceptors (Lipinski definition) is 3. The van der Waals surface area contributed by atoms with Gasteiger partial charge in [0.2, 0.25) is 10.0 Å². The number of thiocarbonyl (C=S) groups is 1. The lowest BCUT2D eigenvalue weighted by molar-refractivity contribution is 0.311. The van der Waals surface area contributed by atoms with Gasteiger partial charge in [0.25, 0.3) is 0 Å². The van der Waals surface area contributed by atoms with Crippen molar-refractivity contribution in [1.29, 1.82) is 0 Å². The maximum absolute atomic E-state index is 12.0. The molecule has 1 atom stereocenters. The number of nitrogens with zero attached hydrogens (tertiary/aromatic N) is 1. The molecule has 1 aliphatic heterocycles. The molecule has 0 aromatic carbocycles. The van der Waals surface area contributed by atoms with E-state index in [-0.39, 0.29) is 17.6 Å². The van der Waals surface area contributed by atoms with E-state index >= 15 is 0 Å². The van der Waals surface area contributed by atoms with Crippen molar-refractivity contribution in [2.75, 3.05) is 18.8 Å². The van der Waals surface area contributed by atoms with Gasteiger partial charge in [-0.3, -0.25) is 0 Å². The summed E-state index contributed by atoms with van der Waals surface area (Å²) in [5.74, 6) is 0.401. The Labute approximate surface area is 103 Å². The second-order valence-corrected chi connectivity index (χ2v) is 7.26. The van der Waals surface area contributed by atoms with Gasteiger partial charge in [0.1, 0.15) is 0 Å². The highest BCUT2D eigenvalue weighted by atomic mass is 32.2. The number of sulfonamides is 1. The topological polar surface area (TPSA) is 63.4 Å². The molecule has 1 heterocycles. The zero-order valence-electron chi connectivity index (χ0n) is 9.85. The summed E-state index contributed by atoms with van der Waals surface area (Å²) in [6.07, 6.45) is 1.75. The van der Waals surface area contributed by atoms with E-state index in [1.54, 1.807) is 4.31 Å². The van der Waals surface area contributed by atoms with E-state index in [0.717, 1.165) is 12.8 Å². The lowest BCUT2D eigenvalue weighted by atomic mass is 10.0. The van der Waals surface area contributed by atoms with E-state index < -0.39 is 10.0 Å². The molecular weight excluding hydrogens is 244 g/mol. The van der Waals surface area contributed by atoms with E-state index in [0.29, 0.717) is 18.1 Å². The Morgan fingerprint density at radius 3 is 2.69 bits per heavy atom. The summed E-state index contributed by atoms with van der Waals surface area (Å²) in [6, 6.07) is 0. The molecule has 0 amide bonds. The van der Waals surface area contributed by atoms with Crippen molar-refractivity contribution in [1.82, 2.24) is 4.31 Å². The van der Waals surface area contributed by atoms with E-state index in [4.69, 9.17) is 18.0 Å². The highest BCUT2D eigenvalue weighted by Crippen LogP contribution is 2.20. The van der Waals surface area contributed by atoms with Crippen molar-refractivity contribution in [2.24, 2.45) is 17.6 Å². The Balaban J connectivity index is 2.70. The van der Waals surface area contributed by atoms with Crippen molar-refractivity contribution in [3.05, 3.63) is 0 Å². The fraction of sp³-hybridized carbons (Fsp3) is 0.900. The van der Waals surface area contributed by atoms with E-state index in [2.05, 4.69) is 0 Å². The van der Waals surface area contributed by atoms with Crippen LogP contribution in [0.25, 0.3) is 0 Å². The minimum Gasteiger partial charge on any atom is -0.393 e. The number of nitrogens with two attached hydrogens (primary N) is 1. The summed E-state index contributed by atoms with van der Waals surface area (Å²) in [5.41, 5.74) is 5.58. The van der Waals surface area contributed by atoms with Crippen LogP contribution in [0, 0.1) is 11.8 Å². The molecule has 0 radical (unpaired) electrons. The minimum absolute atomic E-state index is 0.0469. The summed E-state index contributed by atoms with van der Waals surface area (Å²) in [6.45, 7) is 4.89. The van der Waals surface area contributed by atoms with Crippen LogP contribution in [0.5, 0.6) is 0 Å². The maximum Gasteiger partial charge on any atom is 0.214 e. The zero-order chi connectivity index (χ0) is 12.3. The number of hydrogen-bond donors (Lipinski definition) is 1. The first kappa shape index (κ1) is 13.9. The third kappa shape index (κ3) is 3.68. The van der Waals surface area contributed by atoms with Gasteiger partial charge >= 0.3 is 0 Å². The van der Waals surface area contributed by atoms with E-state index in [9.17, 15) is 8.42 Å². The molecule has 0 saturated carbocycles. The van der Waals surface area contributed by atoms with Crippen LogP contribution in [0.3, 0.4) is 0 Å². The largest absolute Gasteiger partial charge is 0.393 e. The highest BCUT2D eigenvalue weighted by Gasteiger charge is 2.30. The first-order valence-corrected chi connectivity index (χ1v) is 7.62. The average molecular weight is 264 g/mol. The highest BCUT2D eigenvalue weighted by molar-refractivity contribution is 7.89. The van der Waals surface area contributed by atoms with Gasteiger partial charge in [-0.25, -0.2) is 12.7 Å². The smallest absolute Gasteiger partial charge is 0.214 e. The molecule has 16 heavy (non-hydrogen) atoms. The third-order valence-electron chi connectivity index (χ3n) is 2.72. The van der Waals surface area contributed by atoms with Gasteiger partial charge in [-0.1, -0.05) is 26.1 Å². The first-order chi connectivity index (χ1) is 7.33. The maximum atomic E-state index is 12.0. The molecule has 94 valence electrons. The summed E-state index contributed by atoms with van der Waals surface area (Å²) in [7, 11) is -3.13. The molecular formula is C10H20N2O2S2. The van der Waals surface area contributed by atoms with Crippen LogP contribution < -0.4 is 5.73 Å². The standard InChI is InChI=1S/C10H20N2O2S2/c1-8(2)7-16(13,14)12-5-3-4-9(6-12)10(11)15/h8-9H,3-7H2,1-2H3,(H2,11,15). The lowest BCUT2D eigenvalue weighted by Gasteiger charge is -2.31. The molecule has 4 nitrogen and oxygen atoms in total. The van der Waals surface area contributed by atoms with Gasteiger partial charge in [-0.05, 0) is 18.8 Å². The summed E-state index contributed by atoms with van der Waals surface area (Å²) < 4.78 is 25.6. The molecule has 2 N–H and O–H groups in total. The second-order valence-electron chi connectivity index (χ2n) is 4.77. The van der Waals surface area contributed by atoms with Crippen molar-refractivity contribution in [3.63, 3.8) is 0 Å². The van der Waals surface area contributed by atoms with Gasteiger partial charge < -0.3 is 5.73 Å². The Morgan fingerprint density at radius 2 is 2.19 bits per heavy atom.